The fraction of sp³-hybridized carbons (Fsp3) is 0.213. The van der Waals surface area contributed by atoms with E-state index in [0.29, 0.717) is 112 Å². The molecule has 0 unspecified atom stereocenters. The van der Waals surface area contributed by atoms with Gasteiger partial charge in [0.15, 0.2) is 69.1 Å². The van der Waals surface area contributed by atoms with Crippen molar-refractivity contribution in [2.75, 3.05) is 0 Å². The van der Waals surface area contributed by atoms with E-state index in [0.717, 1.165) is 78.8 Å². The molecule has 630 valence electrons. The van der Waals surface area contributed by atoms with Crippen molar-refractivity contribution in [1.29, 1.82) is 0 Å². The van der Waals surface area contributed by atoms with Gasteiger partial charge < -0.3 is 67.3 Å². The van der Waals surface area contributed by atoms with Crippen molar-refractivity contribution in [3.05, 3.63) is 362 Å². The van der Waals surface area contributed by atoms with Crippen molar-refractivity contribution in [2.24, 2.45) is 0 Å². The maximum absolute atomic E-state index is 6.05. The first-order valence-corrected chi connectivity index (χ1v) is 39.9. The predicted molar refractivity (Wildman–Crippen MR) is 467 cm³/mol. The molecule has 122 heavy (non-hydrogen) atoms. The van der Waals surface area contributed by atoms with E-state index in [9.17, 15) is 0 Å². The number of ether oxygens (including phenoxy) is 10. The van der Waals surface area contributed by atoms with Gasteiger partial charge in [0.1, 0.15) is 65.5 Å². The maximum Gasteiger partial charge on any atom is 0.162 e. The molecule has 0 saturated carbocycles. The summed E-state index contributed by atoms with van der Waals surface area (Å²) in [6.07, 6.45) is 20.5. The number of benzene rings is 9. The minimum Gasteiger partial charge on any atom is -0.497 e. The van der Waals surface area contributed by atoms with E-state index in [4.69, 9.17) is 47.4 Å². The third-order valence-corrected chi connectivity index (χ3v) is 16.0. The van der Waals surface area contributed by atoms with E-state index in [-0.39, 0.29) is 65.4 Å². The quantitative estimate of drug-likeness (QED) is 0.0194. The van der Waals surface area contributed by atoms with Gasteiger partial charge in [-0.3, -0.25) is 20.4 Å². The normalized spacial score (nSPS) is 9.75. The Morgan fingerprint density at radius 2 is 0.590 bits per heavy atom. The van der Waals surface area contributed by atoms with Crippen molar-refractivity contribution in [3.8, 4) is 57.5 Å². The van der Waals surface area contributed by atoms with Gasteiger partial charge in [-0.2, -0.15) is 81.1 Å². The number of imidazole rings is 2. The number of nitrogens with zero attached hydrogens (tertiary/aromatic N) is 8. The average molecular weight is 1800 g/mol. The third kappa shape index (κ3) is 34.2. The van der Waals surface area contributed by atoms with E-state index in [1.807, 2.05) is 251 Å². The molecule has 0 atom stereocenters. The minimum atomic E-state index is 0. The molecule has 0 aliphatic heterocycles. The molecule has 8 heterocycles. The molecular weight excluding hydrogens is 1690 g/mol. The number of fused-ring (bicyclic) bond motifs is 2. The topological polar surface area (TPSA) is 322 Å². The van der Waals surface area contributed by atoms with Gasteiger partial charge in [0, 0.05) is 112 Å². The molecule has 28 heteroatoms. The molecule has 17 aromatic rings. The largest absolute Gasteiger partial charge is 0.497 e. The molecule has 8 aromatic heterocycles. The molecule has 9 aromatic carbocycles. The minimum absolute atomic E-state index is 0. The summed E-state index contributed by atoms with van der Waals surface area (Å²) in [5.74, 6) is 8.33. The summed E-state index contributed by atoms with van der Waals surface area (Å²) < 4.78 is 58.1. The summed E-state index contributed by atoms with van der Waals surface area (Å²) >= 11 is 0. The zero-order chi connectivity index (χ0) is 84.7. The number of para-hydroxylation sites is 10. The van der Waals surface area contributed by atoms with Gasteiger partial charge in [0.25, 0.3) is 0 Å². The second-order valence-electron chi connectivity index (χ2n) is 24.0. The van der Waals surface area contributed by atoms with Crippen LogP contribution in [0.25, 0.3) is 21.8 Å². The van der Waals surface area contributed by atoms with Crippen LogP contribution in [0, 0.1) is 12.1 Å². The van der Waals surface area contributed by atoms with Crippen LogP contribution in [0.5, 0.6) is 57.5 Å². The van der Waals surface area contributed by atoms with Crippen LogP contribution in [0.2, 0.25) is 0 Å². The van der Waals surface area contributed by atoms with E-state index in [2.05, 4.69) is 141 Å². The molecule has 0 fully saturated rings. The number of aromatic nitrogens is 16. The summed E-state index contributed by atoms with van der Waals surface area (Å²) in [7, 11) is 0. The molecule has 8 N–H and O–H groups in total. The molecule has 0 aliphatic carbocycles. The van der Waals surface area contributed by atoms with Crippen LogP contribution in [0.15, 0.2) is 293 Å². The summed E-state index contributed by atoms with van der Waals surface area (Å²) in [5.41, 5.74) is 10.4. The standard InChI is InChI=1S/C24H20N2O2.C20H16O2.2C14H14N4O2.C12H12N6O2.5C2H6.2Y/c1-2-4-24(28-16-18-6-8-20-10-12-26-22(20)14-18)23(3-1)27-15-17-5-7-19-9-11-25-21(19)13-17;1-3-9-17(10-4-1)15-21-19-13-7-8-14-20(19)22-16-18-11-5-2-6-12-18;1-2-4-14(20-8-12-6-16-10-18-12)13(3-1)19-7-11-5-15-9-17-11;1-2-4-14(20-10-12-7-17-18-8-12)13(3-1)19-9-11-5-15-16-6-11;1-2-4-10(20-6-12-14-8-16-18-12)9(3-1)19-5-11-13-7-15-17-11;5*1-2;;/h1-14,25-26H,15-16H2;1-3,5,7-14H,15-16H2;1-6,9-10H,7-8H2,(H,15,17)(H,16,18);1-8H,9-10H2,(H,15,16)(H,17,18);1-4,7-8H,5-6H2,(H,13,15,17)(H,14,16,18);5*1-2H3;;/q;-2;;;;;;;;;;. The van der Waals surface area contributed by atoms with Gasteiger partial charge in [-0.25, -0.2) is 19.9 Å². The first-order chi connectivity index (χ1) is 59.5. The van der Waals surface area contributed by atoms with E-state index >= 15 is 0 Å². The van der Waals surface area contributed by atoms with Gasteiger partial charge in [-0.15, -0.1) is 11.1 Å². The van der Waals surface area contributed by atoms with Gasteiger partial charge in [-0.1, -0.05) is 154 Å². The third-order valence-electron chi connectivity index (χ3n) is 16.0. The molecule has 0 saturated heterocycles. The second kappa shape index (κ2) is 59.1. The molecule has 0 aliphatic rings. The van der Waals surface area contributed by atoms with Gasteiger partial charge in [0.05, 0.1) is 62.0 Å². The fourth-order valence-electron chi connectivity index (χ4n) is 10.5. The number of hydrogen-bond acceptors (Lipinski definition) is 18. The Kier molecular flexibility index (Phi) is 47.6. The number of H-pyrrole nitrogens is 8. The summed E-state index contributed by atoms with van der Waals surface area (Å²) in [4.78, 5) is 28.3. The average Bonchev–Trinajstić information content (AvgIpc) is 1.67. The van der Waals surface area contributed by atoms with Crippen molar-refractivity contribution >= 4 is 21.8 Å². The van der Waals surface area contributed by atoms with Crippen LogP contribution in [0.1, 0.15) is 126 Å². The zero-order valence-corrected chi connectivity index (χ0v) is 76.3. The summed E-state index contributed by atoms with van der Waals surface area (Å²) in [5, 5.41) is 28.6. The first kappa shape index (κ1) is 98.2. The monoisotopic (exact) mass is 1800 g/mol. The number of rotatable bonds is 30. The van der Waals surface area contributed by atoms with Crippen LogP contribution < -0.4 is 47.4 Å². The molecule has 0 bridgehead atoms. The van der Waals surface area contributed by atoms with Gasteiger partial charge >= 0.3 is 0 Å². The Hall–Kier alpha value is -12.6. The Morgan fingerprint density at radius 3 is 0.861 bits per heavy atom. The molecule has 0 amide bonds. The summed E-state index contributed by atoms with van der Waals surface area (Å²) in [6, 6.07) is 76.4. The van der Waals surface area contributed by atoms with Gasteiger partial charge in [0.2, 0.25) is 0 Å². The SMILES string of the molecule is CC.CC.CC.CC.CC.[Y].[Y].[c-]1cccc(COc2ccccc2OCc2c[c-]ccc2)c1.c1ccc(OCc2ccc3cc[nH]c3c2)c(OCc2ccc3cc[nH]c3c2)c1.c1ccc(OCc2cn[nH]c2)c(OCc2cn[nH]c2)c1.c1ccc(OCc2cnc[nH]2)c(OCc2cnc[nH]2)c1.c1ccc(OCc2ncn[nH]2)c(OCc2ncn[nH]2)c1. The zero-order valence-electron chi connectivity index (χ0n) is 70.6. The van der Waals surface area contributed by atoms with Crippen LogP contribution in [-0.2, 0) is 131 Å². The van der Waals surface area contributed by atoms with Crippen molar-refractivity contribution < 1.29 is 113 Å². The van der Waals surface area contributed by atoms with Crippen molar-refractivity contribution in [3.63, 3.8) is 0 Å². The van der Waals surface area contributed by atoms with E-state index in [1.165, 1.54) is 23.4 Å². The van der Waals surface area contributed by atoms with E-state index in [1.54, 1.807) is 49.8 Å². The first-order valence-electron chi connectivity index (χ1n) is 39.9. The second-order valence-corrected chi connectivity index (χ2v) is 24.0. The Balaban J connectivity index is 0.000000230. The van der Waals surface area contributed by atoms with Crippen LogP contribution in [0.3, 0.4) is 0 Å². The van der Waals surface area contributed by atoms with Crippen LogP contribution >= 0.6 is 0 Å². The Morgan fingerprint density at radius 1 is 0.287 bits per heavy atom. The molecular formula is C94H106N16O10Y2-2. The molecule has 26 nitrogen and oxygen atoms in total. The van der Waals surface area contributed by atoms with E-state index < -0.39 is 0 Å². The summed E-state index contributed by atoms with van der Waals surface area (Å²) in [6.45, 7) is 24.3. The van der Waals surface area contributed by atoms with Crippen molar-refractivity contribution in [2.45, 2.75) is 135 Å². The molecule has 2 radical (unpaired) electrons. The fourth-order valence-corrected chi connectivity index (χ4v) is 10.5. The van der Waals surface area contributed by atoms with Crippen LogP contribution in [0.4, 0.5) is 0 Å². The number of nitrogens with one attached hydrogen (secondary N) is 8. The molecule has 17 rings (SSSR count). The van der Waals surface area contributed by atoms with Gasteiger partial charge in [-0.05, 0) is 107 Å². The Bertz CT molecular complexity index is 4790. The predicted octanol–water partition coefficient (Wildman–Crippen LogP) is 21.0. The molecule has 0 spiro atoms. The Labute approximate surface area is 763 Å². The smallest absolute Gasteiger partial charge is 0.162 e. The van der Waals surface area contributed by atoms with Crippen LogP contribution in [-0.4, -0.2) is 80.7 Å². The van der Waals surface area contributed by atoms with Crippen molar-refractivity contribution in [1.82, 2.24) is 80.7 Å². The maximum atomic E-state index is 6.05. The number of hydrogen-bond donors (Lipinski definition) is 8. The number of aromatic amines is 8.